The van der Waals surface area contributed by atoms with Crippen molar-refractivity contribution in [1.29, 1.82) is 0 Å². The summed E-state index contributed by atoms with van der Waals surface area (Å²) in [5.74, 6) is -0.516. The van der Waals surface area contributed by atoms with Gasteiger partial charge in [0, 0.05) is 6.20 Å². The Kier molecular flexibility index (Phi) is 4.88. The van der Waals surface area contributed by atoms with Crippen LogP contribution in [-0.4, -0.2) is 10.9 Å². The fourth-order valence-corrected chi connectivity index (χ4v) is 1.37. The molecule has 0 atom stereocenters. The zero-order valence-electron chi connectivity index (χ0n) is 10.1. The predicted molar refractivity (Wildman–Crippen MR) is 70.4 cm³/mol. The highest BCUT2D eigenvalue weighted by Gasteiger charge is 2.04. The van der Waals surface area contributed by atoms with Crippen molar-refractivity contribution in [2.75, 3.05) is 0 Å². The van der Waals surface area contributed by atoms with E-state index in [1.165, 1.54) is 0 Å². The number of hydrogen-bond donors (Lipinski definition) is 1. The maximum absolute atomic E-state index is 11.1. The maximum Gasteiger partial charge on any atom is 0.267 e. The fourth-order valence-electron chi connectivity index (χ4n) is 1.37. The molecule has 0 unspecified atom stereocenters. The SMILES string of the molecule is C\C=C/C=C(\C=C/C)c1ccnc(C(N)=O)c1. The molecule has 0 bridgehead atoms. The van der Waals surface area contributed by atoms with Crippen LogP contribution in [0, 0.1) is 0 Å². The van der Waals surface area contributed by atoms with Gasteiger partial charge in [-0.2, -0.15) is 0 Å². The fraction of sp³-hybridized carbons (Fsp3) is 0.143. The van der Waals surface area contributed by atoms with E-state index < -0.39 is 5.91 Å². The first-order valence-corrected chi connectivity index (χ1v) is 5.41. The third-order valence-corrected chi connectivity index (χ3v) is 2.16. The number of carbonyl (C=O) groups excluding carboxylic acids is 1. The maximum atomic E-state index is 11.1. The number of primary amides is 1. The van der Waals surface area contributed by atoms with Crippen LogP contribution in [0.3, 0.4) is 0 Å². The molecule has 0 aliphatic heterocycles. The second-order valence-electron chi connectivity index (χ2n) is 3.44. The van der Waals surface area contributed by atoms with Crippen molar-refractivity contribution < 1.29 is 4.79 Å². The summed E-state index contributed by atoms with van der Waals surface area (Å²) in [7, 11) is 0. The molecule has 0 saturated carbocycles. The summed E-state index contributed by atoms with van der Waals surface area (Å²) in [5.41, 5.74) is 7.41. The molecule has 1 amide bonds. The van der Waals surface area contributed by atoms with Crippen LogP contribution in [0.5, 0.6) is 0 Å². The molecule has 0 saturated heterocycles. The largest absolute Gasteiger partial charge is 0.364 e. The van der Waals surface area contributed by atoms with Gasteiger partial charge in [-0.15, -0.1) is 0 Å². The highest BCUT2D eigenvalue weighted by Crippen LogP contribution is 2.16. The summed E-state index contributed by atoms with van der Waals surface area (Å²) in [5, 5.41) is 0. The Morgan fingerprint density at radius 3 is 2.71 bits per heavy atom. The lowest BCUT2D eigenvalue weighted by Gasteiger charge is -2.03. The average Bonchev–Trinajstić information content (AvgIpc) is 2.34. The number of allylic oxidation sites excluding steroid dienone is 6. The Labute approximate surface area is 101 Å². The topological polar surface area (TPSA) is 56.0 Å². The van der Waals surface area contributed by atoms with Crippen molar-refractivity contribution in [2.45, 2.75) is 13.8 Å². The van der Waals surface area contributed by atoms with Crippen molar-refractivity contribution in [3.8, 4) is 0 Å². The first-order valence-electron chi connectivity index (χ1n) is 5.41. The van der Waals surface area contributed by atoms with Gasteiger partial charge in [0.05, 0.1) is 0 Å². The van der Waals surface area contributed by atoms with Crippen LogP contribution < -0.4 is 5.73 Å². The van der Waals surface area contributed by atoms with E-state index >= 15 is 0 Å². The number of amides is 1. The molecule has 0 aromatic carbocycles. The number of pyridine rings is 1. The first-order chi connectivity index (χ1) is 8.19. The molecule has 0 spiro atoms. The summed E-state index contributed by atoms with van der Waals surface area (Å²) >= 11 is 0. The zero-order valence-corrected chi connectivity index (χ0v) is 10.1. The van der Waals surface area contributed by atoms with Gasteiger partial charge in [-0.3, -0.25) is 9.78 Å². The van der Waals surface area contributed by atoms with Gasteiger partial charge < -0.3 is 5.73 Å². The molecule has 0 aliphatic rings. The van der Waals surface area contributed by atoms with Gasteiger partial charge in [-0.05, 0) is 37.1 Å². The third kappa shape index (κ3) is 3.72. The minimum atomic E-state index is -0.516. The smallest absolute Gasteiger partial charge is 0.267 e. The standard InChI is InChI=1S/C14H16N2O/c1-3-5-7-11(6-4-2)12-8-9-16-13(10-12)14(15)17/h3-10H,1-2H3,(H2,15,17)/b5-3-,6-4-,11-7+. The van der Waals surface area contributed by atoms with E-state index in [2.05, 4.69) is 4.98 Å². The van der Waals surface area contributed by atoms with Crippen LogP contribution in [0.4, 0.5) is 0 Å². The van der Waals surface area contributed by atoms with Gasteiger partial charge in [0.15, 0.2) is 0 Å². The Morgan fingerprint density at radius 1 is 1.35 bits per heavy atom. The molecule has 0 aliphatic carbocycles. The Hall–Kier alpha value is -2.16. The second-order valence-corrected chi connectivity index (χ2v) is 3.44. The molecule has 2 N–H and O–H groups in total. The van der Waals surface area contributed by atoms with Crippen molar-refractivity contribution >= 4 is 11.5 Å². The summed E-state index contributed by atoms with van der Waals surface area (Å²) in [6.07, 6.45) is 11.4. The molecule has 0 fully saturated rings. The molecular formula is C14H16N2O. The normalized spacial score (nSPS) is 12.5. The molecule has 1 aromatic heterocycles. The van der Waals surface area contributed by atoms with Crippen molar-refractivity contribution in [2.24, 2.45) is 5.73 Å². The monoisotopic (exact) mass is 228 g/mol. The van der Waals surface area contributed by atoms with E-state index in [4.69, 9.17) is 5.73 Å². The van der Waals surface area contributed by atoms with Crippen LogP contribution in [0.25, 0.3) is 5.57 Å². The van der Waals surface area contributed by atoms with Gasteiger partial charge in [0.25, 0.3) is 5.91 Å². The van der Waals surface area contributed by atoms with E-state index in [1.807, 2.05) is 50.3 Å². The van der Waals surface area contributed by atoms with Gasteiger partial charge in [-0.25, -0.2) is 0 Å². The molecular weight excluding hydrogens is 212 g/mol. The van der Waals surface area contributed by atoms with Gasteiger partial charge >= 0.3 is 0 Å². The summed E-state index contributed by atoms with van der Waals surface area (Å²) < 4.78 is 0. The lowest BCUT2D eigenvalue weighted by molar-refractivity contribution is 0.0995. The molecule has 0 radical (unpaired) electrons. The molecule has 88 valence electrons. The van der Waals surface area contributed by atoms with E-state index in [9.17, 15) is 4.79 Å². The lowest BCUT2D eigenvalue weighted by atomic mass is 10.0. The minimum Gasteiger partial charge on any atom is -0.364 e. The number of carbonyl (C=O) groups is 1. The van der Waals surface area contributed by atoms with E-state index in [0.29, 0.717) is 0 Å². The van der Waals surface area contributed by atoms with E-state index in [-0.39, 0.29) is 5.69 Å². The summed E-state index contributed by atoms with van der Waals surface area (Å²) in [4.78, 5) is 15.0. The lowest BCUT2D eigenvalue weighted by Crippen LogP contribution is -2.12. The van der Waals surface area contributed by atoms with Gasteiger partial charge in [-0.1, -0.05) is 30.4 Å². The highest BCUT2D eigenvalue weighted by atomic mass is 16.1. The molecule has 1 aromatic rings. The van der Waals surface area contributed by atoms with Gasteiger partial charge in [0.1, 0.15) is 5.69 Å². The quantitative estimate of drug-likeness (QED) is 0.805. The van der Waals surface area contributed by atoms with Crippen LogP contribution >= 0.6 is 0 Å². The third-order valence-electron chi connectivity index (χ3n) is 2.16. The minimum absolute atomic E-state index is 0.276. The van der Waals surface area contributed by atoms with Crippen LogP contribution in [0.15, 0.2) is 48.7 Å². The number of nitrogens with two attached hydrogens (primary N) is 1. The number of hydrogen-bond acceptors (Lipinski definition) is 2. The van der Waals surface area contributed by atoms with Crippen molar-refractivity contribution in [1.82, 2.24) is 4.98 Å². The van der Waals surface area contributed by atoms with E-state index in [1.54, 1.807) is 12.3 Å². The van der Waals surface area contributed by atoms with Crippen molar-refractivity contribution in [3.05, 3.63) is 60.0 Å². The Bertz CT molecular complexity index is 485. The predicted octanol–water partition coefficient (Wildman–Crippen LogP) is 2.72. The van der Waals surface area contributed by atoms with Crippen LogP contribution in [0.1, 0.15) is 29.9 Å². The van der Waals surface area contributed by atoms with Crippen molar-refractivity contribution in [3.63, 3.8) is 0 Å². The zero-order chi connectivity index (χ0) is 12.7. The second kappa shape index (κ2) is 6.43. The average molecular weight is 228 g/mol. The molecule has 3 nitrogen and oxygen atoms in total. The molecule has 3 heteroatoms. The number of aromatic nitrogens is 1. The van der Waals surface area contributed by atoms with Crippen LogP contribution in [0.2, 0.25) is 0 Å². The first kappa shape index (κ1) is 12.9. The number of rotatable bonds is 4. The Morgan fingerprint density at radius 2 is 2.12 bits per heavy atom. The molecule has 1 heterocycles. The van der Waals surface area contributed by atoms with Gasteiger partial charge in [0.2, 0.25) is 0 Å². The number of nitrogens with zero attached hydrogens (tertiary/aromatic N) is 1. The summed E-state index contributed by atoms with van der Waals surface area (Å²) in [6, 6.07) is 3.54. The highest BCUT2D eigenvalue weighted by molar-refractivity contribution is 5.92. The van der Waals surface area contributed by atoms with E-state index in [0.717, 1.165) is 11.1 Å². The summed E-state index contributed by atoms with van der Waals surface area (Å²) in [6.45, 7) is 3.89. The Balaban J connectivity index is 3.19. The van der Waals surface area contributed by atoms with Crippen LogP contribution in [-0.2, 0) is 0 Å². The molecule has 1 rings (SSSR count). The molecule has 17 heavy (non-hydrogen) atoms.